The molecule has 0 aliphatic rings. The van der Waals surface area contributed by atoms with E-state index in [1.54, 1.807) is 12.3 Å². The second-order valence-electron chi connectivity index (χ2n) is 2.28. The van der Waals surface area contributed by atoms with Gasteiger partial charge in [-0.2, -0.15) is 0 Å². The van der Waals surface area contributed by atoms with Gasteiger partial charge in [-0.15, -0.1) is 0 Å². The largest absolute Gasteiger partial charge is 0.375 e. The number of nitrogens with zero attached hydrogens (tertiary/aromatic N) is 1. The average molecular weight is 227 g/mol. The Kier molecular flexibility index (Phi) is 4.02. The molecule has 5 N–H and O–H groups in total. The number of pyridine rings is 1. The van der Waals surface area contributed by atoms with Gasteiger partial charge in [0.2, 0.25) is 0 Å². The van der Waals surface area contributed by atoms with Crippen LogP contribution in [0.1, 0.15) is 0 Å². The van der Waals surface area contributed by atoms with Gasteiger partial charge in [-0.25, -0.2) is 4.98 Å². The summed E-state index contributed by atoms with van der Waals surface area (Å²) in [6.07, 6.45) is 1.66. The van der Waals surface area contributed by atoms with E-state index in [1.807, 2.05) is 12.1 Å². The molecular formula is C7H9N5S2. The maximum atomic E-state index is 5.19. The third kappa shape index (κ3) is 3.97. The Bertz CT molecular complexity index is 326. The van der Waals surface area contributed by atoms with Gasteiger partial charge < -0.3 is 11.1 Å². The van der Waals surface area contributed by atoms with Crippen LogP contribution in [0, 0.1) is 0 Å². The zero-order valence-electron chi connectivity index (χ0n) is 7.15. The summed E-state index contributed by atoms with van der Waals surface area (Å²) in [6, 6.07) is 5.45. The van der Waals surface area contributed by atoms with Crippen LogP contribution in [0.2, 0.25) is 0 Å². The molecule has 0 aliphatic heterocycles. The summed E-state index contributed by atoms with van der Waals surface area (Å²) in [5, 5.41) is 3.29. The van der Waals surface area contributed by atoms with Gasteiger partial charge in [0.1, 0.15) is 5.82 Å². The number of hydrazine groups is 1. The molecule has 0 amide bonds. The van der Waals surface area contributed by atoms with Crippen LogP contribution in [0.3, 0.4) is 0 Å². The Morgan fingerprint density at radius 2 is 2.07 bits per heavy atom. The fourth-order valence-electron chi connectivity index (χ4n) is 0.703. The van der Waals surface area contributed by atoms with Crippen molar-refractivity contribution in [1.82, 2.24) is 15.8 Å². The molecule has 1 aromatic rings. The SMILES string of the molecule is NC(=S)NNC(=S)Nc1ccccn1. The number of hydrogen-bond donors (Lipinski definition) is 4. The van der Waals surface area contributed by atoms with Crippen LogP contribution in [0.15, 0.2) is 24.4 Å². The molecule has 7 heteroatoms. The molecule has 0 atom stereocenters. The maximum absolute atomic E-state index is 5.19. The van der Waals surface area contributed by atoms with Gasteiger partial charge in [0, 0.05) is 6.20 Å². The second kappa shape index (κ2) is 5.30. The first-order valence-corrected chi connectivity index (χ1v) is 4.53. The molecule has 1 heterocycles. The van der Waals surface area contributed by atoms with Gasteiger partial charge in [-0.1, -0.05) is 6.07 Å². The lowest BCUT2D eigenvalue weighted by Crippen LogP contribution is -2.46. The van der Waals surface area contributed by atoms with Crippen molar-refractivity contribution < 1.29 is 0 Å². The highest BCUT2D eigenvalue weighted by Gasteiger charge is 1.96. The van der Waals surface area contributed by atoms with Crippen LogP contribution < -0.4 is 21.9 Å². The van der Waals surface area contributed by atoms with Crippen molar-refractivity contribution in [2.24, 2.45) is 5.73 Å². The van der Waals surface area contributed by atoms with E-state index in [-0.39, 0.29) is 5.11 Å². The quantitative estimate of drug-likeness (QED) is 0.401. The lowest BCUT2D eigenvalue weighted by molar-refractivity contribution is 0.879. The topological polar surface area (TPSA) is 75.0 Å². The summed E-state index contributed by atoms with van der Waals surface area (Å²) in [6.45, 7) is 0. The summed E-state index contributed by atoms with van der Waals surface area (Å²) in [4.78, 5) is 4.02. The van der Waals surface area contributed by atoms with E-state index in [0.29, 0.717) is 10.9 Å². The van der Waals surface area contributed by atoms with Crippen LogP contribution in [0.25, 0.3) is 0 Å². The first-order valence-electron chi connectivity index (χ1n) is 3.72. The fourth-order valence-corrected chi connectivity index (χ4v) is 0.909. The molecule has 74 valence electrons. The van der Waals surface area contributed by atoms with Crippen LogP contribution in [-0.2, 0) is 0 Å². The molecule has 0 aromatic carbocycles. The lowest BCUT2D eigenvalue weighted by atomic mass is 10.5. The summed E-state index contributed by atoms with van der Waals surface area (Å²) in [5.74, 6) is 0.648. The number of nitrogens with one attached hydrogen (secondary N) is 3. The minimum absolute atomic E-state index is 0.121. The van der Waals surface area contributed by atoms with E-state index in [0.717, 1.165) is 0 Å². The summed E-state index contributed by atoms with van der Waals surface area (Å²) in [7, 11) is 0. The van der Waals surface area contributed by atoms with Crippen molar-refractivity contribution in [3.63, 3.8) is 0 Å². The predicted octanol–water partition coefficient (Wildman–Crippen LogP) is 0.116. The van der Waals surface area contributed by atoms with E-state index >= 15 is 0 Å². The third-order valence-corrected chi connectivity index (χ3v) is 1.51. The summed E-state index contributed by atoms with van der Waals surface area (Å²) in [5.41, 5.74) is 10.3. The molecule has 1 aromatic heterocycles. The number of hydrogen-bond acceptors (Lipinski definition) is 3. The van der Waals surface area contributed by atoms with Crippen molar-refractivity contribution in [1.29, 1.82) is 0 Å². The highest BCUT2D eigenvalue weighted by molar-refractivity contribution is 7.80. The molecule has 0 radical (unpaired) electrons. The smallest absolute Gasteiger partial charge is 0.190 e. The lowest BCUT2D eigenvalue weighted by Gasteiger charge is -2.09. The number of anilines is 1. The highest BCUT2D eigenvalue weighted by Crippen LogP contribution is 1.98. The summed E-state index contributed by atoms with van der Waals surface area (Å²) >= 11 is 9.49. The van der Waals surface area contributed by atoms with E-state index in [1.165, 1.54) is 0 Å². The Hall–Kier alpha value is -1.47. The van der Waals surface area contributed by atoms with Crippen molar-refractivity contribution in [2.75, 3.05) is 5.32 Å². The van der Waals surface area contributed by atoms with Crippen molar-refractivity contribution in [3.05, 3.63) is 24.4 Å². The molecule has 0 fully saturated rings. The number of aromatic nitrogens is 1. The third-order valence-electron chi connectivity index (χ3n) is 1.21. The zero-order valence-corrected chi connectivity index (χ0v) is 8.78. The first kappa shape index (κ1) is 10.6. The van der Waals surface area contributed by atoms with Crippen LogP contribution >= 0.6 is 24.4 Å². The highest BCUT2D eigenvalue weighted by atomic mass is 32.1. The maximum Gasteiger partial charge on any atom is 0.190 e. The molecule has 5 nitrogen and oxygen atoms in total. The Morgan fingerprint density at radius 1 is 1.29 bits per heavy atom. The van der Waals surface area contributed by atoms with Crippen molar-refractivity contribution in [2.45, 2.75) is 0 Å². The van der Waals surface area contributed by atoms with Crippen molar-refractivity contribution in [3.8, 4) is 0 Å². The van der Waals surface area contributed by atoms with Gasteiger partial charge >= 0.3 is 0 Å². The predicted molar refractivity (Wildman–Crippen MR) is 63.5 cm³/mol. The molecule has 0 unspecified atom stereocenters. The van der Waals surface area contributed by atoms with E-state index in [2.05, 4.69) is 33.4 Å². The molecule has 1 rings (SSSR count). The van der Waals surface area contributed by atoms with Crippen LogP contribution in [0.4, 0.5) is 5.82 Å². The summed E-state index contributed by atoms with van der Waals surface area (Å²) < 4.78 is 0. The van der Waals surface area contributed by atoms with Gasteiger partial charge in [0.15, 0.2) is 10.2 Å². The van der Waals surface area contributed by atoms with Gasteiger partial charge in [0.25, 0.3) is 0 Å². The van der Waals surface area contributed by atoms with Crippen molar-refractivity contribution >= 4 is 40.5 Å². The van der Waals surface area contributed by atoms with Crippen LogP contribution in [-0.4, -0.2) is 15.2 Å². The van der Waals surface area contributed by atoms with E-state index in [9.17, 15) is 0 Å². The molecule has 0 spiro atoms. The fraction of sp³-hybridized carbons (Fsp3) is 0. The Morgan fingerprint density at radius 3 is 2.64 bits per heavy atom. The molecule has 0 saturated heterocycles. The minimum Gasteiger partial charge on any atom is -0.375 e. The molecule has 14 heavy (non-hydrogen) atoms. The normalized spacial score (nSPS) is 8.86. The van der Waals surface area contributed by atoms with Crippen LogP contribution in [0.5, 0.6) is 0 Å². The van der Waals surface area contributed by atoms with E-state index in [4.69, 9.17) is 18.0 Å². The van der Waals surface area contributed by atoms with Gasteiger partial charge in [-0.3, -0.25) is 10.9 Å². The Balaban J connectivity index is 2.38. The number of nitrogens with two attached hydrogens (primary N) is 1. The number of rotatable bonds is 1. The Labute approximate surface area is 92.1 Å². The molecule has 0 aliphatic carbocycles. The average Bonchev–Trinajstić information content (AvgIpc) is 2.16. The standard InChI is InChI=1S/C7H9N5S2/c8-6(13)11-12-7(14)10-5-3-1-2-4-9-5/h1-4H,(H3,8,11,13)(H2,9,10,12,14). The van der Waals surface area contributed by atoms with Gasteiger partial charge in [0.05, 0.1) is 0 Å². The molecular weight excluding hydrogens is 218 g/mol. The minimum atomic E-state index is 0.121. The zero-order chi connectivity index (χ0) is 10.4. The number of thiocarbonyl (C=S) groups is 2. The van der Waals surface area contributed by atoms with Gasteiger partial charge in [-0.05, 0) is 36.6 Å². The molecule has 0 bridgehead atoms. The van der Waals surface area contributed by atoms with E-state index < -0.39 is 0 Å². The second-order valence-corrected chi connectivity index (χ2v) is 3.13. The monoisotopic (exact) mass is 227 g/mol. The molecule has 0 saturated carbocycles. The first-order chi connectivity index (χ1) is 6.68.